The standard InChI is InChI=1S/C27H17NO2/c29-24-15-19-6-2-1-5-18(19)13-22(24)27(30)28-23-14-20-9-3-7-16-11-12-17-8-4-10-21(23)26(17)25(16)20/h1-15,29H,(H,28,30). The third-order valence-corrected chi connectivity index (χ3v) is 5.86. The van der Waals surface area contributed by atoms with Crippen LogP contribution in [0.5, 0.6) is 5.75 Å². The van der Waals surface area contributed by atoms with Crippen molar-refractivity contribution in [3.05, 3.63) is 96.6 Å². The van der Waals surface area contributed by atoms with Crippen LogP contribution in [0.3, 0.4) is 0 Å². The lowest BCUT2D eigenvalue weighted by molar-refractivity contribution is 0.102. The van der Waals surface area contributed by atoms with Gasteiger partial charge in [0.15, 0.2) is 0 Å². The highest BCUT2D eigenvalue weighted by Crippen LogP contribution is 2.39. The maximum atomic E-state index is 13.1. The van der Waals surface area contributed by atoms with E-state index in [0.29, 0.717) is 0 Å². The van der Waals surface area contributed by atoms with Gasteiger partial charge in [-0.15, -0.1) is 0 Å². The molecule has 0 atom stereocenters. The summed E-state index contributed by atoms with van der Waals surface area (Å²) in [6.07, 6.45) is 0. The number of amides is 1. The van der Waals surface area contributed by atoms with Gasteiger partial charge in [-0.05, 0) is 55.9 Å². The fourth-order valence-corrected chi connectivity index (χ4v) is 4.47. The van der Waals surface area contributed by atoms with Gasteiger partial charge in [-0.1, -0.05) is 72.8 Å². The van der Waals surface area contributed by atoms with E-state index < -0.39 is 0 Å². The molecule has 0 bridgehead atoms. The Bertz CT molecular complexity index is 1600. The number of carbonyl (C=O) groups is 1. The van der Waals surface area contributed by atoms with Gasteiger partial charge in [0.25, 0.3) is 5.91 Å². The number of phenols is 1. The van der Waals surface area contributed by atoms with Gasteiger partial charge < -0.3 is 10.4 Å². The predicted molar refractivity (Wildman–Crippen MR) is 124 cm³/mol. The molecule has 0 saturated heterocycles. The molecule has 0 unspecified atom stereocenters. The second-order valence-electron chi connectivity index (χ2n) is 7.64. The summed E-state index contributed by atoms with van der Waals surface area (Å²) in [5.74, 6) is -0.351. The second kappa shape index (κ2) is 6.19. The maximum Gasteiger partial charge on any atom is 0.259 e. The molecule has 0 heterocycles. The largest absolute Gasteiger partial charge is 0.507 e. The molecule has 0 aromatic heterocycles. The molecular formula is C27H17NO2. The van der Waals surface area contributed by atoms with E-state index in [1.807, 2.05) is 48.5 Å². The minimum Gasteiger partial charge on any atom is -0.507 e. The molecule has 0 aliphatic heterocycles. The third-order valence-electron chi connectivity index (χ3n) is 5.86. The summed E-state index contributed by atoms with van der Waals surface area (Å²) in [5.41, 5.74) is 1.00. The van der Waals surface area contributed by atoms with Gasteiger partial charge in [0, 0.05) is 11.1 Å². The van der Waals surface area contributed by atoms with Crippen molar-refractivity contribution >= 4 is 54.7 Å². The molecule has 0 aliphatic rings. The van der Waals surface area contributed by atoms with E-state index in [1.165, 1.54) is 10.8 Å². The molecule has 3 nitrogen and oxygen atoms in total. The van der Waals surface area contributed by atoms with Crippen LogP contribution in [0.1, 0.15) is 10.4 Å². The highest BCUT2D eigenvalue weighted by Gasteiger charge is 2.16. The minimum absolute atomic E-state index is 0.0247. The van der Waals surface area contributed by atoms with E-state index in [4.69, 9.17) is 0 Å². The Morgan fingerprint density at radius 1 is 0.633 bits per heavy atom. The fourth-order valence-electron chi connectivity index (χ4n) is 4.47. The Labute approximate surface area is 172 Å². The molecule has 0 radical (unpaired) electrons. The maximum absolute atomic E-state index is 13.1. The highest BCUT2D eigenvalue weighted by molar-refractivity contribution is 6.27. The van der Waals surface area contributed by atoms with E-state index in [9.17, 15) is 9.90 Å². The van der Waals surface area contributed by atoms with Crippen molar-refractivity contribution in [2.75, 3.05) is 5.32 Å². The molecule has 3 heteroatoms. The molecule has 0 saturated carbocycles. The summed E-state index contributed by atoms with van der Waals surface area (Å²) in [6, 6.07) is 29.6. The van der Waals surface area contributed by atoms with Crippen LogP contribution < -0.4 is 5.32 Å². The molecule has 30 heavy (non-hydrogen) atoms. The number of hydrogen-bond donors (Lipinski definition) is 2. The Balaban J connectivity index is 1.54. The summed E-state index contributed by atoms with van der Waals surface area (Å²) in [7, 11) is 0. The lowest BCUT2D eigenvalue weighted by Crippen LogP contribution is -2.12. The Morgan fingerprint density at radius 3 is 2.07 bits per heavy atom. The van der Waals surface area contributed by atoms with Gasteiger partial charge in [-0.3, -0.25) is 4.79 Å². The number of fused-ring (bicyclic) bond motifs is 1. The van der Waals surface area contributed by atoms with E-state index in [1.54, 1.807) is 12.1 Å². The van der Waals surface area contributed by atoms with E-state index in [2.05, 4.69) is 35.6 Å². The highest BCUT2D eigenvalue weighted by atomic mass is 16.3. The van der Waals surface area contributed by atoms with Crippen molar-refractivity contribution in [3.63, 3.8) is 0 Å². The third kappa shape index (κ3) is 2.42. The van der Waals surface area contributed by atoms with Crippen molar-refractivity contribution in [1.29, 1.82) is 0 Å². The number of anilines is 1. The van der Waals surface area contributed by atoms with Crippen LogP contribution >= 0.6 is 0 Å². The summed E-state index contributed by atoms with van der Waals surface area (Å²) in [6.45, 7) is 0. The van der Waals surface area contributed by atoms with Gasteiger partial charge in [0.2, 0.25) is 0 Å². The smallest absolute Gasteiger partial charge is 0.259 e. The first-order chi connectivity index (χ1) is 14.7. The van der Waals surface area contributed by atoms with Gasteiger partial charge in [0.1, 0.15) is 5.75 Å². The molecule has 142 valence electrons. The van der Waals surface area contributed by atoms with Crippen LogP contribution in [0.2, 0.25) is 0 Å². The fraction of sp³-hybridized carbons (Fsp3) is 0. The van der Waals surface area contributed by atoms with Crippen LogP contribution in [0.25, 0.3) is 43.1 Å². The first-order valence-corrected chi connectivity index (χ1v) is 9.89. The van der Waals surface area contributed by atoms with Crippen molar-refractivity contribution in [3.8, 4) is 5.75 Å². The van der Waals surface area contributed by atoms with E-state index >= 15 is 0 Å². The second-order valence-corrected chi connectivity index (χ2v) is 7.64. The van der Waals surface area contributed by atoms with Crippen LogP contribution in [0.4, 0.5) is 5.69 Å². The molecule has 6 aromatic rings. The first kappa shape index (κ1) is 16.8. The van der Waals surface area contributed by atoms with Crippen molar-refractivity contribution in [2.24, 2.45) is 0 Å². The lowest BCUT2D eigenvalue weighted by atomic mass is 9.93. The van der Waals surface area contributed by atoms with Crippen LogP contribution in [-0.4, -0.2) is 11.0 Å². The number of carbonyl (C=O) groups excluding carboxylic acids is 1. The predicted octanol–water partition coefficient (Wildman–Crippen LogP) is 6.70. The van der Waals surface area contributed by atoms with Gasteiger partial charge in [0.05, 0.1) is 5.56 Å². The zero-order chi connectivity index (χ0) is 20.2. The van der Waals surface area contributed by atoms with Gasteiger partial charge in [-0.2, -0.15) is 0 Å². The number of hydrogen-bond acceptors (Lipinski definition) is 2. The Hall–Kier alpha value is -4.11. The van der Waals surface area contributed by atoms with Crippen molar-refractivity contribution in [1.82, 2.24) is 0 Å². The van der Waals surface area contributed by atoms with Gasteiger partial charge in [-0.25, -0.2) is 0 Å². The number of phenolic OH excluding ortho intramolecular Hbond substituents is 1. The molecule has 1 amide bonds. The molecule has 2 N–H and O–H groups in total. The monoisotopic (exact) mass is 387 g/mol. The molecule has 0 fully saturated rings. The molecule has 0 spiro atoms. The summed E-state index contributed by atoms with van der Waals surface area (Å²) in [5, 5.41) is 22.1. The normalized spacial score (nSPS) is 11.6. The number of benzene rings is 6. The topological polar surface area (TPSA) is 49.3 Å². The molecule has 6 rings (SSSR count). The van der Waals surface area contributed by atoms with Crippen molar-refractivity contribution < 1.29 is 9.90 Å². The average molecular weight is 387 g/mol. The zero-order valence-electron chi connectivity index (χ0n) is 16.0. The van der Waals surface area contributed by atoms with Crippen LogP contribution in [0.15, 0.2) is 91.0 Å². The van der Waals surface area contributed by atoms with E-state index in [-0.39, 0.29) is 17.2 Å². The number of nitrogens with one attached hydrogen (secondary N) is 1. The van der Waals surface area contributed by atoms with Crippen molar-refractivity contribution in [2.45, 2.75) is 0 Å². The number of rotatable bonds is 2. The summed E-state index contributed by atoms with van der Waals surface area (Å²) >= 11 is 0. The zero-order valence-corrected chi connectivity index (χ0v) is 16.0. The Morgan fingerprint density at radius 2 is 1.27 bits per heavy atom. The Kier molecular flexibility index (Phi) is 3.47. The van der Waals surface area contributed by atoms with Crippen LogP contribution in [0, 0.1) is 0 Å². The SMILES string of the molecule is O=C(Nc1cc2cccc3ccc4cccc1c4c32)c1cc2ccccc2cc1O. The summed E-state index contributed by atoms with van der Waals surface area (Å²) < 4.78 is 0. The first-order valence-electron chi connectivity index (χ1n) is 9.89. The average Bonchev–Trinajstić information content (AvgIpc) is 2.77. The molecule has 6 aromatic carbocycles. The summed E-state index contributed by atoms with van der Waals surface area (Å²) in [4.78, 5) is 13.1. The minimum atomic E-state index is -0.326. The quantitative estimate of drug-likeness (QED) is 0.325. The van der Waals surface area contributed by atoms with E-state index in [0.717, 1.165) is 38.0 Å². The van der Waals surface area contributed by atoms with Gasteiger partial charge >= 0.3 is 0 Å². The number of aromatic hydroxyl groups is 1. The molecular weight excluding hydrogens is 370 g/mol. The van der Waals surface area contributed by atoms with Crippen LogP contribution in [-0.2, 0) is 0 Å². The molecule has 0 aliphatic carbocycles. The lowest BCUT2D eigenvalue weighted by Gasteiger charge is -2.15.